The van der Waals surface area contributed by atoms with Gasteiger partial charge in [0.25, 0.3) is 5.91 Å². The molecule has 7 heteroatoms. The Morgan fingerprint density at radius 2 is 2.37 bits per heavy atom. The number of nitrogens with one attached hydrogen (secondary N) is 2. The van der Waals surface area contributed by atoms with E-state index in [-0.39, 0.29) is 5.91 Å². The second-order valence-corrected chi connectivity index (χ2v) is 4.52. The average molecular weight is 258 g/mol. The molecule has 19 heavy (non-hydrogen) atoms. The lowest BCUT2D eigenvalue weighted by Crippen LogP contribution is -2.43. The molecule has 0 unspecified atom stereocenters. The molecule has 2 aromatic rings. The number of aromatic nitrogens is 4. The largest absolute Gasteiger partial charge is 0.312 e. The SMILES string of the molecule is Cc1cccnc1NC(=O)c1cn(C2CNC2)nn1. The van der Waals surface area contributed by atoms with Gasteiger partial charge in [-0.1, -0.05) is 11.3 Å². The summed E-state index contributed by atoms with van der Waals surface area (Å²) >= 11 is 0. The summed E-state index contributed by atoms with van der Waals surface area (Å²) in [7, 11) is 0. The summed E-state index contributed by atoms with van der Waals surface area (Å²) in [6.07, 6.45) is 3.30. The van der Waals surface area contributed by atoms with Crippen LogP contribution in [0.4, 0.5) is 5.82 Å². The lowest BCUT2D eigenvalue weighted by atomic mass is 10.2. The fourth-order valence-corrected chi connectivity index (χ4v) is 1.81. The van der Waals surface area contributed by atoms with E-state index in [1.165, 1.54) is 0 Å². The quantitative estimate of drug-likeness (QED) is 0.831. The first-order chi connectivity index (χ1) is 9.24. The summed E-state index contributed by atoms with van der Waals surface area (Å²) in [4.78, 5) is 16.1. The van der Waals surface area contributed by atoms with Gasteiger partial charge in [0, 0.05) is 19.3 Å². The van der Waals surface area contributed by atoms with Gasteiger partial charge in [0.1, 0.15) is 5.82 Å². The van der Waals surface area contributed by atoms with E-state index in [1.807, 2.05) is 19.1 Å². The normalized spacial score (nSPS) is 15.0. The summed E-state index contributed by atoms with van der Waals surface area (Å²) in [6.45, 7) is 3.62. The Bertz CT molecular complexity index is 604. The Balaban J connectivity index is 1.73. The lowest BCUT2D eigenvalue weighted by Gasteiger charge is -2.26. The predicted octanol–water partition coefficient (Wildman–Crippen LogP) is 0.378. The number of nitrogens with zero attached hydrogens (tertiary/aromatic N) is 4. The monoisotopic (exact) mass is 258 g/mol. The van der Waals surface area contributed by atoms with E-state index in [0.29, 0.717) is 17.6 Å². The highest BCUT2D eigenvalue weighted by atomic mass is 16.2. The molecule has 1 fully saturated rings. The maximum absolute atomic E-state index is 12.0. The number of amides is 1. The predicted molar refractivity (Wildman–Crippen MR) is 68.9 cm³/mol. The molecule has 3 rings (SSSR count). The van der Waals surface area contributed by atoms with Crippen molar-refractivity contribution in [1.82, 2.24) is 25.3 Å². The first-order valence-electron chi connectivity index (χ1n) is 6.09. The highest BCUT2D eigenvalue weighted by molar-refractivity contribution is 6.02. The van der Waals surface area contributed by atoms with Gasteiger partial charge >= 0.3 is 0 Å². The molecule has 0 atom stereocenters. The van der Waals surface area contributed by atoms with Crippen LogP contribution in [-0.2, 0) is 0 Å². The topological polar surface area (TPSA) is 84.7 Å². The van der Waals surface area contributed by atoms with E-state index in [1.54, 1.807) is 17.1 Å². The van der Waals surface area contributed by atoms with Crippen molar-refractivity contribution in [2.45, 2.75) is 13.0 Å². The van der Waals surface area contributed by atoms with Gasteiger partial charge in [-0.2, -0.15) is 0 Å². The molecule has 98 valence electrons. The fraction of sp³-hybridized carbons (Fsp3) is 0.333. The number of carbonyl (C=O) groups is 1. The summed E-state index contributed by atoms with van der Waals surface area (Å²) in [6, 6.07) is 4.01. The Kier molecular flexibility index (Phi) is 2.96. The van der Waals surface area contributed by atoms with Crippen LogP contribution in [0.2, 0.25) is 0 Å². The number of carbonyl (C=O) groups excluding carboxylic acids is 1. The van der Waals surface area contributed by atoms with Crippen molar-refractivity contribution in [3.8, 4) is 0 Å². The van der Waals surface area contributed by atoms with Crippen molar-refractivity contribution < 1.29 is 4.79 Å². The van der Waals surface area contributed by atoms with Crippen LogP contribution < -0.4 is 10.6 Å². The van der Waals surface area contributed by atoms with Crippen LogP contribution in [-0.4, -0.2) is 39.0 Å². The van der Waals surface area contributed by atoms with Gasteiger partial charge in [0.15, 0.2) is 5.69 Å². The highest BCUT2D eigenvalue weighted by Gasteiger charge is 2.21. The molecular formula is C12H14N6O. The summed E-state index contributed by atoms with van der Waals surface area (Å²) < 4.78 is 1.72. The molecule has 0 saturated carbocycles. The van der Waals surface area contributed by atoms with Gasteiger partial charge in [0.2, 0.25) is 0 Å². The average Bonchev–Trinajstić information content (AvgIpc) is 2.79. The van der Waals surface area contributed by atoms with Crippen LogP contribution in [0.5, 0.6) is 0 Å². The minimum absolute atomic E-state index is 0.291. The molecule has 1 saturated heterocycles. The van der Waals surface area contributed by atoms with Crippen LogP contribution in [0.25, 0.3) is 0 Å². The number of aryl methyl sites for hydroxylation is 1. The zero-order valence-electron chi connectivity index (χ0n) is 10.5. The van der Waals surface area contributed by atoms with E-state index in [0.717, 1.165) is 18.7 Å². The van der Waals surface area contributed by atoms with Crippen molar-refractivity contribution in [2.75, 3.05) is 18.4 Å². The third kappa shape index (κ3) is 2.32. The van der Waals surface area contributed by atoms with E-state index in [4.69, 9.17) is 0 Å². The first kappa shape index (κ1) is 11.8. The fourth-order valence-electron chi connectivity index (χ4n) is 1.81. The van der Waals surface area contributed by atoms with Crippen molar-refractivity contribution in [2.24, 2.45) is 0 Å². The second-order valence-electron chi connectivity index (χ2n) is 4.52. The van der Waals surface area contributed by atoms with Gasteiger partial charge in [-0.3, -0.25) is 4.79 Å². The number of hydrogen-bond acceptors (Lipinski definition) is 5. The molecule has 1 aliphatic rings. The molecule has 1 amide bonds. The van der Waals surface area contributed by atoms with Crippen molar-refractivity contribution in [1.29, 1.82) is 0 Å². The Morgan fingerprint density at radius 1 is 1.53 bits per heavy atom. The van der Waals surface area contributed by atoms with Gasteiger partial charge < -0.3 is 10.6 Å². The standard InChI is InChI=1S/C12H14N6O/c1-8-3-2-4-14-11(8)15-12(19)10-7-18(17-16-10)9-5-13-6-9/h2-4,7,9,13H,5-6H2,1H3,(H,14,15,19). The number of pyridine rings is 1. The molecule has 3 heterocycles. The molecule has 7 nitrogen and oxygen atoms in total. The summed E-state index contributed by atoms with van der Waals surface area (Å²) in [5, 5.41) is 13.7. The Morgan fingerprint density at radius 3 is 3.05 bits per heavy atom. The summed E-state index contributed by atoms with van der Waals surface area (Å²) in [5.74, 6) is 0.257. The third-order valence-electron chi connectivity index (χ3n) is 3.12. The Labute approximate surface area is 110 Å². The van der Waals surface area contributed by atoms with Crippen molar-refractivity contribution in [3.05, 3.63) is 35.8 Å². The summed E-state index contributed by atoms with van der Waals surface area (Å²) in [5.41, 5.74) is 1.21. The zero-order valence-corrected chi connectivity index (χ0v) is 10.5. The smallest absolute Gasteiger partial charge is 0.279 e. The first-order valence-corrected chi connectivity index (χ1v) is 6.09. The van der Waals surface area contributed by atoms with Gasteiger partial charge in [-0.15, -0.1) is 5.10 Å². The molecular weight excluding hydrogens is 244 g/mol. The molecule has 0 aliphatic carbocycles. The van der Waals surface area contributed by atoms with Crippen LogP contribution in [0, 0.1) is 6.92 Å². The number of rotatable bonds is 3. The minimum Gasteiger partial charge on any atom is -0.312 e. The van der Waals surface area contributed by atoms with E-state index in [9.17, 15) is 4.79 Å². The second kappa shape index (κ2) is 4.77. The molecule has 2 N–H and O–H groups in total. The zero-order chi connectivity index (χ0) is 13.2. The van der Waals surface area contributed by atoms with Crippen LogP contribution in [0.15, 0.2) is 24.5 Å². The molecule has 2 aromatic heterocycles. The molecule has 0 bridgehead atoms. The molecule has 0 radical (unpaired) electrons. The number of hydrogen-bond donors (Lipinski definition) is 2. The van der Waals surface area contributed by atoms with Crippen LogP contribution in [0.1, 0.15) is 22.1 Å². The molecule has 0 aromatic carbocycles. The molecule has 0 spiro atoms. The third-order valence-corrected chi connectivity index (χ3v) is 3.12. The highest BCUT2D eigenvalue weighted by Crippen LogP contribution is 2.12. The van der Waals surface area contributed by atoms with Gasteiger partial charge in [-0.05, 0) is 18.6 Å². The molecule has 1 aliphatic heterocycles. The lowest BCUT2D eigenvalue weighted by molar-refractivity contribution is 0.102. The van der Waals surface area contributed by atoms with Gasteiger partial charge in [-0.25, -0.2) is 9.67 Å². The Hall–Kier alpha value is -2.28. The number of anilines is 1. The minimum atomic E-state index is -0.291. The van der Waals surface area contributed by atoms with E-state index < -0.39 is 0 Å². The maximum Gasteiger partial charge on any atom is 0.279 e. The van der Waals surface area contributed by atoms with Crippen molar-refractivity contribution >= 4 is 11.7 Å². The van der Waals surface area contributed by atoms with E-state index >= 15 is 0 Å². The van der Waals surface area contributed by atoms with Crippen LogP contribution in [0.3, 0.4) is 0 Å². The van der Waals surface area contributed by atoms with Crippen LogP contribution >= 0.6 is 0 Å². The van der Waals surface area contributed by atoms with E-state index in [2.05, 4.69) is 25.9 Å². The van der Waals surface area contributed by atoms with Crippen molar-refractivity contribution in [3.63, 3.8) is 0 Å². The maximum atomic E-state index is 12.0. The van der Waals surface area contributed by atoms with Gasteiger partial charge in [0.05, 0.1) is 12.2 Å².